The first kappa shape index (κ1) is 25.9. The zero-order valence-corrected chi connectivity index (χ0v) is 18.6. The van der Waals surface area contributed by atoms with Gasteiger partial charge in [-0.2, -0.15) is 0 Å². The van der Waals surface area contributed by atoms with Crippen LogP contribution in [0.15, 0.2) is 33.5 Å². The molecule has 2 aliphatic heterocycles. The number of hydrogen-bond donors (Lipinski definition) is 7. The van der Waals surface area contributed by atoms with Gasteiger partial charge >= 0.3 is 5.63 Å². The average molecular weight is 500 g/mol. The molecular weight excluding hydrogens is 472 g/mol. The molecule has 0 unspecified atom stereocenters. The van der Waals surface area contributed by atoms with E-state index in [1.165, 1.54) is 12.1 Å². The molecule has 0 aliphatic carbocycles. The summed E-state index contributed by atoms with van der Waals surface area (Å²) in [5.74, 6) is 0.146. The molecule has 10 atom stereocenters. The molecule has 2 fully saturated rings. The third-order valence-electron chi connectivity index (χ3n) is 6.14. The maximum absolute atomic E-state index is 11.7. The van der Waals surface area contributed by atoms with Crippen LogP contribution in [-0.4, -0.2) is 110 Å². The summed E-state index contributed by atoms with van der Waals surface area (Å²) >= 11 is 0. The van der Waals surface area contributed by atoms with Crippen molar-refractivity contribution < 1.29 is 59.1 Å². The van der Waals surface area contributed by atoms with E-state index in [2.05, 4.69) is 0 Å². The molecule has 1 aromatic heterocycles. The highest BCUT2D eigenvalue weighted by Gasteiger charge is 2.51. The van der Waals surface area contributed by atoms with Gasteiger partial charge < -0.3 is 59.1 Å². The number of fused-ring (bicyclic) bond motifs is 1. The predicted octanol–water partition coefficient (Wildman–Crippen LogP) is -2.90. The van der Waals surface area contributed by atoms with E-state index in [4.69, 9.17) is 23.4 Å². The molecule has 194 valence electrons. The van der Waals surface area contributed by atoms with Crippen LogP contribution in [0.2, 0.25) is 0 Å². The van der Waals surface area contributed by atoms with E-state index >= 15 is 0 Å². The molecule has 35 heavy (non-hydrogen) atoms. The first-order chi connectivity index (χ1) is 16.6. The van der Waals surface area contributed by atoms with Crippen molar-refractivity contribution >= 4 is 11.0 Å². The molecule has 2 aromatic rings. The van der Waals surface area contributed by atoms with Crippen LogP contribution in [0.25, 0.3) is 11.0 Å². The lowest BCUT2D eigenvalue weighted by Gasteiger charge is -2.45. The zero-order chi connectivity index (χ0) is 25.4. The number of aryl methyl sites for hydroxylation is 1. The van der Waals surface area contributed by atoms with E-state index in [9.17, 15) is 40.5 Å². The summed E-state index contributed by atoms with van der Waals surface area (Å²) in [5, 5.41) is 71.1. The largest absolute Gasteiger partial charge is 0.462 e. The summed E-state index contributed by atoms with van der Waals surface area (Å²) < 4.78 is 27.1. The van der Waals surface area contributed by atoms with Gasteiger partial charge in [0.15, 0.2) is 6.29 Å². The Morgan fingerprint density at radius 1 is 0.829 bits per heavy atom. The Bertz CT molecular complexity index is 1070. The van der Waals surface area contributed by atoms with E-state index in [0.717, 1.165) is 0 Å². The Morgan fingerprint density at radius 2 is 1.49 bits per heavy atom. The van der Waals surface area contributed by atoms with Gasteiger partial charge in [-0.3, -0.25) is 0 Å². The standard InChI is InChI=1S/C22H28O13/c1-8-4-14(25)32-11-5-9(2-3-10(8)11)31-21-19(30)17(28)20(13(7-24)34-21)35-22-18(29)16(27)15(26)12(6-23)33-22/h2-5,12-13,15-24,26-30H,6-7H2,1H3/t12-,13-,15+,16-,17+,18+,19+,20+,21+,22-/m0/s1. The maximum atomic E-state index is 11.7. The lowest BCUT2D eigenvalue weighted by molar-refractivity contribution is -0.352. The van der Waals surface area contributed by atoms with E-state index < -0.39 is 80.3 Å². The van der Waals surface area contributed by atoms with Crippen LogP contribution < -0.4 is 10.4 Å². The van der Waals surface area contributed by atoms with Crippen molar-refractivity contribution in [1.29, 1.82) is 0 Å². The fourth-order valence-electron chi connectivity index (χ4n) is 4.17. The minimum atomic E-state index is -1.76. The zero-order valence-electron chi connectivity index (χ0n) is 18.6. The first-order valence-electron chi connectivity index (χ1n) is 10.9. The number of benzene rings is 1. The molecule has 0 spiro atoms. The van der Waals surface area contributed by atoms with Crippen molar-refractivity contribution in [2.45, 2.75) is 68.3 Å². The van der Waals surface area contributed by atoms with Crippen LogP contribution in [0.4, 0.5) is 0 Å². The second kappa shape index (κ2) is 10.4. The van der Waals surface area contributed by atoms with Gasteiger partial charge in [0.25, 0.3) is 0 Å². The Morgan fingerprint density at radius 3 is 2.17 bits per heavy atom. The SMILES string of the molecule is Cc1cc(=O)oc2cc(O[C@@H]3O[C@@H](CO)[C@@H](O[C@@H]4O[C@@H](CO)[C@@H](O)[C@H](O)[C@H]4O)[C@H](O)[C@H]3O)ccc12. The van der Waals surface area contributed by atoms with Gasteiger partial charge in [0.2, 0.25) is 6.29 Å². The maximum Gasteiger partial charge on any atom is 0.336 e. The monoisotopic (exact) mass is 500 g/mol. The van der Waals surface area contributed by atoms with Crippen LogP contribution >= 0.6 is 0 Å². The Hall–Kier alpha value is -2.17. The van der Waals surface area contributed by atoms with E-state index in [1.807, 2.05) is 0 Å². The fraction of sp³-hybridized carbons (Fsp3) is 0.591. The molecule has 0 amide bonds. The van der Waals surface area contributed by atoms with Crippen molar-refractivity contribution in [2.24, 2.45) is 0 Å². The normalized spacial score (nSPS) is 37.9. The summed E-state index contributed by atoms with van der Waals surface area (Å²) in [5.41, 5.74) is 0.381. The first-order valence-corrected chi connectivity index (χ1v) is 10.9. The van der Waals surface area contributed by atoms with Gasteiger partial charge in [0, 0.05) is 17.5 Å². The van der Waals surface area contributed by atoms with Crippen molar-refractivity contribution in [3.63, 3.8) is 0 Å². The molecule has 13 heteroatoms. The lowest BCUT2D eigenvalue weighted by Crippen LogP contribution is -2.65. The minimum absolute atomic E-state index is 0.146. The molecule has 0 radical (unpaired) electrons. The minimum Gasteiger partial charge on any atom is -0.462 e. The van der Waals surface area contributed by atoms with E-state index in [0.29, 0.717) is 10.9 Å². The van der Waals surface area contributed by atoms with Crippen molar-refractivity contribution in [1.82, 2.24) is 0 Å². The topological polar surface area (TPSA) is 209 Å². The van der Waals surface area contributed by atoms with Gasteiger partial charge in [-0.25, -0.2) is 4.79 Å². The molecule has 2 saturated heterocycles. The summed E-state index contributed by atoms with van der Waals surface area (Å²) in [4.78, 5) is 11.7. The number of rotatable bonds is 6. The summed E-state index contributed by atoms with van der Waals surface area (Å²) in [6.07, 6.45) is -15.6. The van der Waals surface area contributed by atoms with Gasteiger partial charge in [0.05, 0.1) is 13.2 Å². The predicted molar refractivity (Wildman–Crippen MR) is 114 cm³/mol. The third kappa shape index (κ3) is 5.06. The second-order valence-corrected chi connectivity index (χ2v) is 8.53. The Labute approximate surface area is 198 Å². The van der Waals surface area contributed by atoms with Crippen LogP contribution in [0.5, 0.6) is 5.75 Å². The van der Waals surface area contributed by atoms with Gasteiger partial charge in [-0.05, 0) is 24.6 Å². The van der Waals surface area contributed by atoms with Crippen LogP contribution in [0.3, 0.4) is 0 Å². The van der Waals surface area contributed by atoms with Crippen molar-refractivity contribution in [2.75, 3.05) is 13.2 Å². The third-order valence-corrected chi connectivity index (χ3v) is 6.14. The number of hydrogen-bond acceptors (Lipinski definition) is 13. The van der Waals surface area contributed by atoms with Crippen molar-refractivity contribution in [3.05, 3.63) is 40.2 Å². The Kier molecular flexibility index (Phi) is 7.73. The Balaban J connectivity index is 1.50. The summed E-state index contributed by atoms with van der Waals surface area (Å²) in [6.45, 7) is 0.352. The molecule has 13 nitrogen and oxygen atoms in total. The smallest absolute Gasteiger partial charge is 0.336 e. The molecule has 4 rings (SSSR count). The second-order valence-electron chi connectivity index (χ2n) is 8.53. The molecule has 7 N–H and O–H groups in total. The molecule has 3 heterocycles. The van der Waals surface area contributed by atoms with Crippen LogP contribution in [-0.2, 0) is 14.2 Å². The van der Waals surface area contributed by atoms with Crippen molar-refractivity contribution in [3.8, 4) is 5.75 Å². The van der Waals surface area contributed by atoms with Gasteiger partial charge in [0.1, 0.15) is 60.2 Å². The highest BCUT2D eigenvalue weighted by Crippen LogP contribution is 2.31. The fourth-order valence-corrected chi connectivity index (χ4v) is 4.17. The molecule has 1 aromatic carbocycles. The van der Waals surface area contributed by atoms with Gasteiger partial charge in [-0.15, -0.1) is 0 Å². The quantitative estimate of drug-likeness (QED) is 0.199. The average Bonchev–Trinajstić information content (AvgIpc) is 2.83. The molecular formula is C22H28O13. The molecule has 0 saturated carbocycles. The lowest BCUT2D eigenvalue weighted by atomic mass is 9.97. The highest BCUT2D eigenvalue weighted by molar-refractivity contribution is 5.81. The van der Waals surface area contributed by atoms with Crippen LogP contribution in [0.1, 0.15) is 5.56 Å². The van der Waals surface area contributed by atoms with E-state index in [-0.39, 0.29) is 11.3 Å². The van der Waals surface area contributed by atoms with Gasteiger partial charge in [-0.1, -0.05) is 0 Å². The van der Waals surface area contributed by atoms with Crippen LogP contribution in [0, 0.1) is 6.92 Å². The molecule has 0 bridgehead atoms. The number of ether oxygens (including phenoxy) is 4. The van der Waals surface area contributed by atoms with E-state index in [1.54, 1.807) is 19.1 Å². The molecule has 2 aliphatic rings. The number of aliphatic hydroxyl groups excluding tert-OH is 7. The summed E-state index contributed by atoms with van der Waals surface area (Å²) in [7, 11) is 0. The number of aliphatic hydroxyl groups is 7. The highest BCUT2D eigenvalue weighted by atomic mass is 16.7. The summed E-state index contributed by atoms with van der Waals surface area (Å²) in [6, 6.07) is 5.94.